The summed E-state index contributed by atoms with van der Waals surface area (Å²) in [6.07, 6.45) is 0.138. The second kappa shape index (κ2) is 8.57. The third kappa shape index (κ3) is 6.95. The van der Waals surface area contributed by atoms with Gasteiger partial charge in [0.15, 0.2) is 0 Å². The minimum absolute atomic E-state index is 0.138. The summed E-state index contributed by atoms with van der Waals surface area (Å²) in [5.41, 5.74) is 0.793. The van der Waals surface area contributed by atoms with Crippen LogP contribution in [-0.4, -0.2) is 42.6 Å². The van der Waals surface area contributed by atoms with Crippen LogP contribution in [0.1, 0.15) is 12.5 Å². The van der Waals surface area contributed by atoms with E-state index >= 15 is 0 Å². The molecule has 7 nitrogen and oxygen atoms in total. The number of carbonyl (C=O) groups excluding carboxylic acids is 2. The third-order valence-electron chi connectivity index (χ3n) is 2.48. The average molecular weight is 294 g/mol. The van der Waals surface area contributed by atoms with Crippen molar-refractivity contribution >= 4 is 17.8 Å². The number of hydrogen-bond donors (Lipinski definition) is 3. The Morgan fingerprint density at radius 3 is 2.24 bits per heavy atom. The van der Waals surface area contributed by atoms with Gasteiger partial charge in [-0.3, -0.25) is 14.4 Å². The van der Waals surface area contributed by atoms with Gasteiger partial charge in [-0.2, -0.15) is 0 Å². The molecule has 0 radical (unpaired) electrons. The van der Waals surface area contributed by atoms with Gasteiger partial charge in [-0.1, -0.05) is 12.1 Å². The maximum Gasteiger partial charge on any atom is 0.322 e. The Bertz CT molecular complexity index is 499. The van der Waals surface area contributed by atoms with Gasteiger partial charge >= 0.3 is 5.97 Å². The lowest BCUT2D eigenvalue weighted by molar-refractivity contribution is -0.137. The van der Waals surface area contributed by atoms with Gasteiger partial charge in [0, 0.05) is 0 Å². The molecule has 0 fully saturated rings. The molecule has 0 saturated heterocycles. The fourth-order valence-electron chi connectivity index (χ4n) is 1.53. The quantitative estimate of drug-likeness (QED) is 0.623. The van der Waals surface area contributed by atoms with Crippen LogP contribution in [0.3, 0.4) is 0 Å². The summed E-state index contributed by atoms with van der Waals surface area (Å²) in [7, 11) is 0. The zero-order chi connectivity index (χ0) is 15.7. The molecule has 0 aliphatic rings. The maximum atomic E-state index is 11.6. The second-order valence-corrected chi connectivity index (χ2v) is 4.20. The van der Waals surface area contributed by atoms with Crippen LogP contribution in [0.5, 0.6) is 5.75 Å². The van der Waals surface area contributed by atoms with E-state index in [1.807, 2.05) is 6.92 Å². The smallest absolute Gasteiger partial charge is 0.322 e. The number of benzene rings is 1. The molecule has 114 valence electrons. The Labute approximate surface area is 122 Å². The van der Waals surface area contributed by atoms with Crippen LogP contribution in [-0.2, 0) is 20.8 Å². The number of rotatable bonds is 8. The van der Waals surface area contributed by atoms with Crippen molar-refractivity contribution in [2.24, 2.45) is 0 Å². The van der Waals surface area contributed by atoms with Gasteiger partial charge < -0.3 is 20.5 Å². The number of ether oxygens (including phenoxy) is 1. The van der Waals surface area contributed by atoms with Gasteiger partial charge in [-0.05, 0) is 24.6 Å². The van der Waals surface area contributed by atoms with Gasteiger partial charge in [0.1, 0.15) is 12.3 Å². The molecule has 0 heterocycles. The molecule has 21 heavy (non-hydrogen) atoms. The molecule has 0 aliphatic carbocycles. The molecule has 3 N–H and O–H groups in total. The minimum Gasteiger partial charge on any atom is -0.494 e. The van der Waals surface area contributed by atoms with E-state index in [0.717, 1.165) is 11.3 Å². The van der Waals surface area contributed by atoms with Crippen LogP contribution in [0.4, 0.5) is 0 Å². The summed E-state index contributed by atoms with van der Waals surface area (Å²) in [4.78, 5) is 33.1. The summed E-state index contributed by atoms with van der Waals surface area (Å²) >= 11 is 0. The summed E-state index contributed by atoms with van der Waals surface area (Å²) in [5, 5.41) is 13.0. The Balaban J connectivity index is 2.33. The molecule has 0 unspecified atom stereocenters. The standard InChI is InChI=1S/C14H18N2O5/c1-2-21-11-5-3-10(4-6-11)7-12(17)15-8-13(18)16-9-14(19)20/h3-6H,2,7-9H2,1H3,(H,15,17)(H,16,18)(H,19,20). The van der Waals surface area contributed by atoms with Crippen LogP contribution < -0.4 is 15.4 Å². The first kappa shape index (κ1) is 16.5. The first-order valence-corrected chi connectivity index (χ1v) is 6.48. The van der Waals surface area contributed by atoms with Crippen molar-refractivity contribution < 1.29 is 24.2 Å². The highest BCUT2D eigenvalue weighted by Gasteiger charge is 2.07. The number of carbonyl (C=O) groups is 3. The van der Waals surface area contributed by atoms with Crippen LogP contribution in [0.15, 0.2) is 24.3 Å². The molecule has 0 bridgehead atoms. The normalized spacial score (nSPS) is 9.76. The summed E-state index contributed by atoms with van der Waals surface area (Å²) in [6.45, 7) is 1.75. The summed E-state index contributed by atoms with van der Waals surface area (Å²) in [5.74, 6) is -1.26. The molecular weight excluding hydrogens is 276 g/mol. The molecule has 1 aromatic carbocycles. The first-order valence-electron chi connectivity index (χ1n) is 6.48. The van der Waals surface area contributed by atoms with E-state index in [4.69, 9.17) is 9.84 Å². The minimum atomic E-state index is -1.14. The number of amides is 2. The predicted octanol–water partition coefficient (Wildman–Crippen LogP) is -0.0552. The van der Waals surface area contributed by atoms with Crippen molar-refractivity contribution in [3.63, 3.8) is 0 Å². The Kier molecular flexibility index (Phi) is 6.73. The van der Waals surface area contributed by atoms with Crippen LogP contribution in [0, 0.1) is 0 Å². The van der Waals surface area contributed by atoms with E-state index in [1.54, 1.807) is 24.3 Å². The number of aliphatic carboxylic acids is 1. The summed E-state index contributed by atoms with van der Waals surface area (Å²) < 4.78 is 5.29. The van der Waals surface area contributed by atoms with Crippen molar-refractivity contribution in [2.45, 2.75) is 13.3 Å². The number of carboxylic acid groups (broad SMARTS) is 1. The molecule has 1 rings (SSSR count). The zero-order valence-corrected chi connectivity index (χ0v) is 11.7. The maximum absolute atomic E-state index is 11.6. The van der Waals surface area contributed by atoms with Gasteiger partial charge in [0.2, 0.25) is 11.8 Å². The van der Waals surface area contributed by atoms with E-state index in [0.29, 0.717) is 6.61 Å². The fourth-order valence-corrected chi connectivity index (χ4v) is 1.53. The molecule has 0 saturated carbocycles. The molecular formula is C14H18N2O5. The number of carboxylic acids is 1. The monoisotopic (exact) mass is 294 g/mol. The topological polar surface area (TPSA) is 105 Å². The second-order valence-electron chi connectivity index (χ2n) is 4.20. The first-order chi connectivity index (χ1) is 10.0. The van der Waals surface area contributed by atoms with Crippen molar-refractivity contribution in [1.29, 1.82) is 0 Å². The zero-order valence-electron chi connectivity index (χ0n) is 11.7. The van der Waals surface area contributed by atoms with E-state index in [2.05, 4.69) is 10.6 Å². The van der Waals surface area contributed by atoms with Gasteiger partial charge in [-0.15, -0.1) is 0 Å². The third-order valence-corrected chi connectivity index (χ3v) is 2.48. The van der Waals surface area contributed by atoms with E-state index < -0.39 is 18.4 Å². The highest BCUT2D eigenvalue weighted by Crippen LogP contribution is 2.12. The lowest BCUT2D eigenvalue weighted by atomic mass is 10.1. The number of hydrogen-bond acceptors (Lipinski definition) is 4. The number of nitrogens with one attached hydrogen (secondary N) is 2. The molecule has 0 atom stereocenters. The lowest BCUT2D eigenvalue weighted by Crippen LogP contribution is -2.39. The molecule has 1 aromatic rings. The molecule has 0 spiro atoms. The summed E-state index contributed by atoms with van der Waals surface area (Å²) in [6, 6.07) is 7.08. The van der Waals surface area contributed by atoms with Crippen LogP contribution >= 0.6 is 0 Å². The Morgan fingerprint density at radius 1 is 1.05 bits per heavy atom. The van der Waals surface area contributed by atoms with Crippen molar-refractivity contribution in [1.82, 2.24) is 10.6 Å². The molecule has 0 aliphatic heterocycles. The SMILES string of the molecule is CCOc1ccc(CC(=O)NCC(=O)NCC(=O)O)cc1. The highest BCUT2D eigenvalue weighted by molar-refractivity contribution is 5.87. The van der Waals surface area contributed by atoms with E-state index in [-0.39, 0.29) is 18.9 Å². The molecule has 7 heteroatoms. The Morgan fingerprint density at radius 2 is 1.67 bits per heavy atom. The molecule has 2 amide bonds. The van der Waals surface area contributed by atoms with Crippen LogP contribution in [0.2, 0.25) is 0 Å². The Hall–Kier alpha value is -2.57. The largest absolute Gasteiger partial charge is 0.494 e. The van der Waals surface area contributed by atoms with Gasteiger partial charge in [0.05, 0.1) is 19.6 Å². The highest BCUT2D eigenvalue weighted by atomic mass is 16.5. The van der Waals surface area contributed by atoms with E-state index in [1.165, 1.54) is 0 Å². The van der Waals surface area contributed by atoms with Crippen molar-refractivity contribution in [2.75, 3.05) is 19.7 Å². The van der Waals surface area contributed by atoms with Crippen molar-refractivity contribution in [3.8, 4) is 5.75 Å². The van der Waals surface area contributed by atoms with Gasteiger partial charge in [0.25, 0.3) is 0 Å². The van der Waals surface area contributed by atoms with E-state index in [9.17, 15) is 14.4 Å². The van der Waals surface area contributed by atoms with Crippen molar-refractivity contribution in [3.05, 3.63) is 29.8 Å². The predicted molar refractivity (Wildman–Crippen MR) is 75.0 cm³/mol. The van der Waals surface area contributed by atoms with Gasteiger partial charge in [-0.25, -0.2) is 0 Å². The average Bonchev–Trinajstić information content (AvgIpc) is 2.45. The lowest BCUT2D eigenvalue weighted by Gasteiger charge is -2.07. The van der Waals surface area contributed by atoms with Crippen LogP contribution in [0.25, 0.3) is 0 Å². The fraction of sp³-hybridized carbons (Fsp3) is 0.357. The molecule has 0 aromatic heterocycles.